The minimum atomic E-state index is -1.22. The maximum Gasteiger partial charge on any atom is 0.492 e. The number of nitrogens with two attached hydrogens (primary N) is 1. The van der Waals surface area contributed by atoms with Crippen LogP contribution in [0.4, 0.5) is 9.59 Å². The Morgan fingerprint density at radius 1 is 1.65 bits per heavy atom. The Hall–Kier alpha value is -2.42. The topological polar surface area (TPSA) is 120 Å². The summed E-state index contributed by atoms with van der Waals surface area (Å²) in [7, 11) is 0. The summed E-state index contributed by atoms with van der Waals surface area (Å²) in [5.74, 6) is 0. The minimum absolute atomic E-state index is 0.275. The lowest BCUT2D eigenvalue weighted by atomic mass is 10.2. The number of hydrogen-bond donors (Lipinski definition) is 4. The van der Waals surface area contributed by atoms with Crippen molar-refractivity contribution in [1.29, 1.82) is 0 Å². The molecular formula is C8H9N5O3S. The molecule has 0 radical (unpaired) electrons. The fraction of sp³-hybridized carbons (Fsp3) is 0. The molecule has 90 valence electrons. The average molecular weight is 255 g/mol. The van der Waals surface area contributed by atoms with Crippen LogP contribution in [-0.2, 0) is 12.8 Å². The fourth-order valence-corrected chi connectivity index (χ4v) is 0.995. The van der Waals surface area contributed by atoms with Gasteiger partial charge in [-0.2, -0.15) is 4.79 Å². The van der Waals surface area contributed by atoms with Crippen molar-refractivity contribution in [3.05, 3.63) is 35.9 Å². The highest BCUT2D eigenvalue weighted by atomic mass is 32.1. The number of rotatable bonds is 2. The molecule has 0 saturated carbocycles. The van der Waals surface area contributed by atoms with Gasteiger partial charge in [-0.1, -0.05) is 0 Å². The van der Waals surface area contributed by atoms with Gasteiger partial charge in [0.2, 0.25) is 0 Å². The van der Waals surface area contributed by atoms with Crippen LogP contribution in [0, 0.1) is 0 Å². The zero-order valence-corrected chi connectivity index (χ0v) is 9.27. The van der Waals surface area contributed by atoms with E-state index in [-0.39, 0.29) is 5.70 Å². The summed E-state index contributed by atoms with van der Waals surface area (Å²) in [4.78, 5) is 21.1. The number of nitrogens with one attached hydrogen (secondary N) is 2. The van der Waals surface area contributed by atoms with Crippen molar-refractivity contribution >= 4 is 24.9 Å². The standard InChI is InChI=1S/C8H9N5O3S/c9-7(14)13(17)11-4-6-5(12-8(15)16)2-1-3-10-6/h1-4,10,12H,(H2,9,14)(H,15,16). The molecular weight excluding hydrogens is 246 g/mol. The van der Waals surface area contributed by atoms with Crippen molar-refractivity contribution in [1.82, 2.24) is 10.6 Å². The van der Waals surface area contributed by atoms with Crippen molar-refractivity contribution in [2.75, 3.05) is 0 Å². The van der Waals surface area contributed by atoms with Gasteiger partial charge < -0.3 is 23.2 Å². The molecule has 0 unspecified atom stereocenters. The van der Waals surface area contributed by atoms with E-state index >= 15 is 0 Å². The molecule has 1 aliphatic heterocycles. The Labute approximate surface area is 102 Å². The lowest BCUT2D eigenvalue weighted by Crippen LogP contribution is -2.26. The van der Waals surface area contributed by atoms with E-state index in [4.69, 9.17) is 10.8 Å². The summed E-state index contributed by atoms with van der Waals surface area (Å²) in [6, 6.07) is -0.903. The van der Waals surface area contributed by atoms with Crippen LogP contribution < -0.4 is 16.4 Å². The number of carboxylic acid groups (broad SMARTS) is 1. The molecule has 1 heterocycles. The summed E-state index contributed by atoms with van der Waals surface area (Å²) in [6.07, 6.45) is 4.64. The van der Waals surface area contributed by atoms with Gasteiger partial charge in [-0.3, -0.25) is 11.1 Å². The van der Waals surface area contributed by atoms with Gasteiger partial charge in [0.15, 0.2) is 0 Å². The Morgan fingerprint density at radius 3 is 2.94 bits per heavy atom. The van der Waals surface area contributed by atoms with Crippen LogP contribution in [0.15, 0.2) is 41.1 Å². The number of dihydropyridines is 1. The first-order valence-electron chi connectivity index (χ1n) is 4.32. The van der Waals surface area contributed by atoms with Crippen LogP contribution in [0.1, 0.15) is 0 Å². The first-order valence-corrected chi connectivity index (χ1v) is 4.68. The van der Waals surface area contributed by atoms with Crippen molar-refractivity contribution in [3.63, 3.8) is 0 Å². The van der Waals surface area contributed by atoms with Gasteiger partial charge in [-0.05, 0) is 12.2 Å². The Bertz CT molecular complexity index is 466. The summed E-state index contributed by atoms with van der Waals surface area (Å²) < 4.78 is 0.505. The molecule has 8 nitrogen and oxygen atoms in total. The zero-order chi connectivity index (χ0) is 12.8. The first kappa shape index (κ1) is 12.6. The molecule has 0 aromatic heterocycles. The number of carbonyl (C=O) groups excluding carboxylic acids is 1. The largest absolute Gasteiger partial charge is 0.523 e. The van der Waals surface area contributed by atoms with Crippen molar-refractivity contribution in [2.45, 2.75) is 0 Å². The van der Waals surface area contributed by atoms with E-state index in [1.165, 1.54) is 12.3 Å². The predicted octanol–water partition coefficient (Wildman–Crippen LogP) is 0.102. The second-order valence-corrected chi connectivity index (χ2v) is 3.13. The van der Waals surface area contributed by atoms with Crippen LogP contribution in [0.2, 0.25) is 0 Å². The summed E-state index contributed by atoms with van der Waals surface area (Å²) in [6.45, 7) is 0. The number of azo groups is 1. The van der Waals surface area contributed by atoms with Crippen LogP contribution in [0.5, 0.6) is 0 Å². The Kier molecular flexibility index (Phi) is 4.17. The molecule has 0 atom stereocenters. The van der Waals surface area contributed by atoms with Crippen LogP contribution in [-0.4, -0.2) is 21.3 Å². The van der Waals surface area contributed by atoms with Gasteiger partial charge in [0.05, 0.1) is 17.6 Å². The van der Waals surface area contributed by atoms with Gasteiger partial charge in [-0.25, -0.2) is 8.90 Å². The highest BCUT2D eigenvalue weighted by molar-refractivity contribution is 7.51. The predicted molar refractivity (Wildman–Crippen MR) is 59.2 cm³/mol. The normalized spacial score (nSPS) is 17.3. The maximum absolute atomic E-state index is 10.6. The monoisotopic (exact) mass is 255 g/mol. The minimum Gasteiger partial charge on any atom is -0.523 e. The zero-order valence-electron chi connectivity index (χ0n) is 8.45. The van der Waals surface area contributed by atoms with E-state index in [0.717, 1.165) is 0 Å². The van der Waals surface area contributed by atoms with E-state index in [1.54, 1.807) is 12.3 Å². The Morgan fingerprint density at radius 2 is 2.35 bits per heavy atom. The molecule has 9 heteroatoms. The quantitative estimate of drug-likeness (QED) is 0.317. The molecule has 5 N–H and O–H groups in total. The summed E-state index contributed by atoms with van der Waals surface area (Å²) in [5.41, 5.74) is 5.48. The third-order valence-corrected chi connectivity index (χ3v) is 1.88. The maximum atomic E-state index is 10.6. The van der Waals surface area contributed by atoms with Gasteiger partial charge in [0.1, 0.15) is 0 Å². The fourth-order valence-electron chi connectivity index (χ4n) is 0.948. The molecule has 0 aromatic carbocycles. The number of hydrogen-bond acceptors (Lipinski definition) is 5. The summed E-state index contributed by atoms with van der Waals surface area (Å²) >= 11 is 4.50. The average Bonchev–Trinajstić information content (AvgIpc) is 2.26. The smallest absolute Gasteiger partial charge is 0.492 e. The van der Waals surface area contributed by atoms with E-state index in [1.807, 2.05) is 0 Å². The van der Waals surface area contributed by atoms with E-state index in [9.17, 15) is 9.59 Å². The lowest BCUT2D eigenvalue weighted by Gasteiger charge is -2.13. The molecule has 0 saturated heterocycles. The highest BCUT2D eigenvalue weighted by Gasteiger charge is 2.09. The number of nitrogens with zero attached hydrogens (tertiary/aromatic N) is 2. The van der Waals surface area contributed by atoms with E-state index < -0.39 is 12.1 Å². The molecule has 17 heavy (non-hydrogen) atoms. The molecule has 0 spiro atoms. The molecule has 0 aromatic rings. The molecule has 0 fully saturated rings. The summed E-state index contributed by atoms with van der Waals surface area (Å²) in [5, 5.41) is 17.0. The number of allylic oxidation sites excluding steroid dienone is 2. The molecule has 1 aliphatic rings. The number of carbonyl (C=O) groups is 2. The number of primary amides is 1. The van der Waals surface area contributed by atoms with Gasteiger partial charge in [0.25, 0.3) is 0 Å². The Balaban J connectivity index is 2.89. The lowest BCUT2D eigenvalue weighted by molar-refractivity contribution is -0.309. The molecule has 1 rings (SSSR count). The van der Waals surface area contributed by atoms with E-state index in [2.05, 4.69) is 28.6 Å². The van der Waals surface area contributed by atoms with Crippen LogP contribution >= 0.6 is 0 Å². The first-order chi connectivity index (χ1) is 8.00. The van der Waals surface area contributed by atoms with Gasteiger partial charge in [0, 0.05) is 6.20 Å². The highest BCUT2D eigenvalue weighted by Crippen LogP contribution is 2.08. The van der Waals surface area contributed by atoms with Gasteiger partial charge >= 0.3 is 12.1 Å². The van der Waals surface area contributed by atoms with Crippen LogP contribution in [0.3, 0.4) is 0 Å². The van der Waals surface area contributed by atoms with Crippen molar-refractivity contribution in [3.8, 4) is 0 Å². The van der Waals surface area contributed by atoms with Crippen LogP contribution in [0.25, 0.3) is 0 Å². The second kappa shape index (κ2) is 5.61. The molecule has 0 bridgehead atoms. The van der Waals surface area contributed by atoms with Gasteiger partial charge in [-0.15, -0.1) is 5.11 Å². The SMILES string of the molecule is NC(=O)[N+]([S-])=NC=C1NC=CC=C1NC(=O)O. The number of amides is 3. The van der Waals surface area contributed by atoms with Crippen molar-refractivity contribution in [2.24, 2.45) is 10.8 Å². The number of urea groups is 1. The van der Waals surface area contributed by atoms with Crippen molar-refractivity contribution < 1.29 is 18.8 Å². The molecule has 3 amide bonds. The second-order valence-electron chi connectivity index (χ2n) is 2.78. The van der Waals surface area contributed by atoms with E-state index in [0.29, 0.717) is 9.80 Å². The third kappa shape index (κ3) is 3.91. The third-order valence-electron chi connectivity index (χ3n) is 1.61. The molecule has 0 aliphatic carbocycles.